The van der Waals surface area contributed by atoms with Gasteiger partial charge in [0.25, 0.3) is 0 Å². The van der Waals surface area contributed by atoms with E-state index in [-0.39, 0.29) is 11.9 Å². The van der Waals surface area contributed by atoms with E-state index in [0.717, 1.165) is 30.9 Å². The van der Waals surface area contributed by atoms with Crippen molar-refractivity contribution in [3.05, 3.63) is 0 Å². The van der Waals surface area contributed by atoms with Crippen LogP contribution in [0.25, 0.3) is 0 Å². The summed E-state index contributed by atoms with van der Waals surface area (Å²) in [5, 5.41) is 6.06. The maximum absolute atomic E-state index is 11.5. The number of carbonyl (C=O) groups is 1. The van der Waals surface area contributed by atoms with Crippen molar-refractivity contribution in [2.75, 3.05) is 24.6 Å². The van der Waals surface area contributed by atoms with Crippen LogP contribution in [0.15, 0.2) is 0 Å². The summed E-state index contributed by atoms with van der Waals surface area (Å²) in [7, 11) is 0. The van der Waals surface area contributed by atoms with Crippen molar-refractivity contribution in [2.24, 2.45) is 0 Å². The highest BCUT2D eigenvalue weighted by Gasteiger charge is 2.19. The third kappa shape index (κ3) is 4.03. The molecule has 3 nitrogen and oxygen atoms in total. The fourth-order valence-electron chi connectivity index (χ4n) is 1.26. The predicted molar refractivity (Wildman–Crippen MR) is 60.2 cm³/mol. The largest absolute Gasteiger partial charge is 0.355 e. The normalized spacial score (nSPS) is 21.2. The third-order valence-corrected chi connectivity index (χ3v) is 3.10. The minimum atomic E-state index is -0.0143. The lowest BCUT2D eigenvalue weighted by atomic mass is 10.2. The first-order valence-electron chi connectivity index (χ1n) is 4.87. The standard InChI is InChI=1S/C10H16N2OS/c1-2-3-4-5-12-10(13)9-8-14-7-6-11-9/h1,9,11H,3-8H2,(H,12,13). The molecule has 14 heavy (non-hydrogen) atoms. The number of nitrogens with one attached hydrogen (secondary N) is 2. The molecule has 0 aromatic rings. The Hall–Kier alpha value is -0.660. The molecule has 0 saturated carbocycles. The van der Waals surface area contributed by atoms with Crippen LogP contribution >= 0.6 is 11.8 Å². The van der Waals surface area contributed by atoms with E-state index in [0.29, 0.717) is 6.54 Å². The van der Waals surface area contributed by atoms with Gasteiger partial charge in [-0.25, -0.2) is 0 Å². The Morgan fingerprint density at radius 2 is 2.57 bits per heavy atom. The van der Waals surface area contributed by atoms with Gasteiger partial charge >= 0.3 is 0 Å². The molecule has 2 N–H and O–H groups in total. The van der Waals surface area contributed by atoms with Crippen LogP contribution in [0.5, 0.6) is 0 Å². The van der Waals surface area contributed by atoms with Crippen molar-refractivity contribution >= 4 is 17.7 Å². The highest BCUT2D eigenvalue weighted by Crippen LogP contribution is 2.07. The quantitative estimate of drug-likeness (QED) is 0.517. The molecule has 1 aliphatic heterocycles. The van der Waals surface area contributed by atoms with Gasteiger partial charge in [0.15, 0.2) is 0 Å². The summed E-state index contributed by atoms with van der Waals surface area (Å²) in [5.74, 6) is 4.63. The molecule has 1 heterocycles. The van der Waals surface area contributed by atoms with Crippen LogP contribution in [0.1, 0.15) is 12.8 Å². The molecule has 4 heteroatoms. The van der Waals surface area contributed by atoms with Crippen LogP contribution in [0.2, 0.25) is 0 Å². The summed E-state index contributed by atoms with van der Waals surface area (Å²) in [6.07, 6.45) is 6.70. The Bertz CT molecular complexity index is 219. The fourth-order valence-corrected chi connectivity index (χ4v) is 2.19. The van der Waals surface area contributed by atoms with Crippen LogP contribution in [0, 0.1) is 12.3 Å². The van der Waals surface area contributed by atoms with Crippen LogP contribution < -0.4 is 10.6 Å². The van der Waals surface area contributed by atoms with Crippen LogP contribution in [-0.4, -0.2) is 36.5 Å². The number of thioether (sulfide) groups is 1. The summed E-state index contributed by atoms with van der Waals surface area (Å²) in [4.78, 5) is 11.5. The highest BCUT2D eigenvalue weighted by molar-refractivity contribution is 7.99. The Morgan fingerprint density at radius 3 is 3.21 bits per heavy atom. The molecular formula is C10H16N2OS. The lowest BCUT2D eigenvalue weighted by Crippen LogP contribution is -2.49. The van der Waals surface area contributed by atoms with E-state index in [1.807, 2.05) is 11.8 Å². The van der Waals surface area contributed by atoms with E-state index in [4.69, 9.17) is 6.42 Å². The number of hydrogen-bond acceptors (Lipinski definition) is 3. The second-order valence-electron chi connectivity index (χ2n) is 3.18. The van der Waals surface area contributed by atoms with Crippen molar-refractivity contribution in [3.63, 3.8) is 0 Å². The molecular weight excluding hydrogens is 196 g/mol. The number of rotatable bonds is 4. The van der Waals surface area contributed by atoms with Crippen LogP contribution in [0.4, 0.5) is 0 Å². The summed E-state index contributed by atoms with van der Waals surface area (Å²) in [5.41, 5.74) is 0. The van der Waals surface area contributed by atoms with Gasteiger partial charge in [0, 0.05) is 31.0 Å². The van der Waals surface area contributed by atoms with E-state index in [1.54, 1.807) is 0 Å². The molecule has 0 aromatic heterocycles. The van der Waals surface area contributed by atoms with E-state index < -0.39 is 0 Å². The molecule has 1 aliphatic rings. The number of carbonyl (C=O) groups excluding carboxylic acids is 1. The van der Waals surface area contributed by atoms with Crippen molar-refractivity contribution in [2.45, 2.75) is 18.9 Å². The Labute approximate surface area is 89.4 Å². The van der Waals surface area contributed by atoms with E-state index in [1.165, 1.54) is 0 Å². The average molecular weight is 212 g/mol. The maximum atomic E-state index is 11.5. The van der Waals surface area contributed by atoms with Gasteiger partial charge < -0.3 is 10.6 Å². The first kappa shape index (κ1) is 11.4. The van der Waals surface area contributed by atoms with Gasteiger partial charge in [0.2, 0.25) is 5.91 Å². The van der Waals surface area contributed by atoms with E-state index >= 15 is 0 Å². The van der Waals surface area contributed by atoms with Gasteiger partial charge in [-0.3, -0.25) is 4.79 Å². The molecule has 1 atom stereocenters. The molecule has 1 rings (SSSR count). The summed E-state index contributed by atoms with van der Waals surface area (Å²) in [6.45, 7) is 1.61. The van der Waals surface area contributed by atoms with Gasteiger partial charge in [-0.15, -0.1) is 12.3 Å². The summed E-state index contributed by atoms with van der Waals surface area (Å²) >= 11 is 1.82. The highest BCUT2D eigenvalue weighted by atomic mass is 32.2. The Morgan fingerprint density at radius 1 is 1.71 bits per heavy atom. The zero-order valence-corrected chi connectivity index (χ0v) is 9.03. The SMILES string of the molecule is C#CCCCNC(=O)C1CSCCN1. The van der Waals surface area contributed by atoms with Crippen molar-refractivity contribution < 1.29 is 4.79 Å². The molecule has 1 saturated heterocycles. The fraction of sp³-hybridized carbons (Fsp3) is 0.700. The molecule has 0 spiro atoms. The monoisotopic (exact) mass is 212 g/mol. The second kappa shape index (κ2) is 6.74. The summed E-state index contributed by atoms with van der Waals surface area (Å²) < 4.78 is 0. The van der Waals surface area contributed by atoms with Gasteiger partial charge in [-0.2, -0.15) is 11.8 Å². The van der Waals surface area contributed by atoms with Gasteiger partial charge in [0.05, 0.1) is 6.04 Å². The molecule has 78 valence electrons. The third-order valence-electron chi connectivity index (χ3n) is 2.04. The second-order valence-corrected chi connectivity index (χ2v) is 4.33. The van der Waals surface area contributed by atoms with Gasteiger partial charge in [-0.1, -0.05) is 0 Å². The molecule has 0 aromatic carbocycles. The van der Waals surface area contributed by atoms with Gasteiger partial charge in [-0.05, 0) is 6.42 Å². The molecule has 0 bridgehead atoms. The molecule has 0 radical (unpaired) electrons. The number of terminal acetylenes is 1. The molecule has 0 aliphatic carbocycles. The van der Waals surface area contributed by atoms with Gasteiger partial charge in [0.1, 0.15) is 0 Å². The minimum absolute atomic E-state index is 0.0143. The lowest BCUT2D eigenvalue weighted by Gasteiger charge is -2.22. The minimum Gasteiger partial charge on any atom is -0.355 e. The smallest absolute Gasteiger partial charge is 0.237 e. The zero-order chi connectivity index (χ0) is 10.2. The average Bonchev–Trinajstić information content (AvgIpc) is 2.25. The Balaban J connectivity index is 2.11. The van der Waals surface area contributed by atoms with E-state index in [9.17, 15) is 4.79 Å². The number of hydrogen-bond donors (Lipinski definition) is 2. The molecule has 1 amide bonds. The number of amides is 1. The van der Waals surface area contributed by atoms with E-state index in [2.05, 4.69) is 16.6 Å². The maximum Gasteiger partial charge on any atom is 0.237 e. The van der Waals surface area contributed by atoms with Crippen LogP contribution in [0.3, 0.4) is 0 Å². The molecule has 1 unspecified atom stereocenters. The van der Waals surface area contributed by atoms with Crippen molar-refractivity contribution in [1.82, 2.24) is 10.6 Å². The predicted octanol–water partition coefficient (Wildman–Crippen LogP) is 0.221. The zero-order valence-electron chi connectivity index (χ0n) is 8.21. The first-order chi connectivity index (χ1) is 6.84. The van der Waals surface area contributed by atoms with Crippen LogP contribution in [-0.2, 0) is 4.79 Å². The summed E-state index contributed by atoms with van der Waals surface area (Å²) in [6, 6.07) is -0.0143. The Kier molecular flexibility index (Phi) is 5.50. The first-order valence-corrected chi connectivity index (χ1v) is 6.02. The topological polar surface area (TPSA) is 41.1 Å². The number of unbranched alkanes of at least 4 members (excludes halogenated alkanes) is 1. The molecule has 1 fully saturated rings. The lowest BCUT2D eigenvalue weighted by molar-refractivity contribution is -0.122. The van der Waals surface area contributed by atoms with Crippen molar-refractivity contribution in [1.29, 1.82) is 0 Å². The van der Waals surface area contributed by atoms with Crippen molar-refractivity contribution in [3.8, 4) is 12.3 Å².